The van der Waals surface area contributed by atoms with Gasteiger partial charge in [-0.05, 0) is 42.9 Å². The SMILES string of the molecule is CC(C)Cc1cnn(C2CCN(C(=O)c3ccccc3)CC2)c1. The maximum absolute atomic E-state index is 12.5. The average molecular weight is 311 g/mol. The van der Waals surface area contributed by atoms with Crippen LogP contribution in [0.1, 0.15) is 48.7 Å². The third-order valence-corrected chi connectivity index (χ3v) is 4.45. The summed E-state index contributed by atoms with van der Waals surface area (Å²) in [6, 6.07) is 9.96. The van der Waals surface area contributed by atoms with E-state index in [2.05, 4.69) is 29.8 Å². The standard InChI is InChI=1S/C19H25N3O/c1-15(2)12-16-13-20-22(14-16)18-8-10-21(11-9-18)19(23)17-6-4-3-5-7-17/h3-7,13-15,18H,8-12H2,1-2H3. The van der Waals surface area contributed by atoms with Crippen LogP contribution in [0.4, 0.5) is 0 Å². The van der Waals surface area contributed by atoms with Crippen molar-refractivity contribution in [2.75, 3.05) is 13.1 Å². The number of amides is 1. The van der Waals surface area contributed by atoms with Crippen molar-refractivity contribution in [3.63, 3.8) is 0 Å². The van der Waals surface area contributed by atoms with Crippen LogP contribution in [0.2, 0.25) is 0 Å². The summed E-state index contributed by atoms with van der Waals surface area (Å²) in [5.41, 5.74) is 2.09. The molecule has 0 aliphatic carbocycles. The Hall–Kier alpha value is -2.10. The van der Waals surface area contributed by atoms with E-state index in [-0.39, 0.29) is 5.91 Å². The Bertz CT molecular complexity index is 640. The van der Waals surface area contributed by atoms with Gasteiger partial charge in [0.15, 0.2) is 0 Å². The van der Waals surface area contributed by atoms with E-state index in [0.717, 1.165) is 37.9 Å². The van der Waals surface area contributed by atoms with Gasteiger partial charge in [-0.3, -0.25) is 9.48 Å². The van der Waals surface area contributed by atoms with Crippen molar-refractivity contribution >= 4 is 5.91 Å². The molecule has 0 saturated carbocycles. The zero-order valence-electron chi connectivity index (χ0n) is 14.0. The normalized spacial score (nSPS) is 16.0. The second-order valence-electron chi connectivity index (χ2n) is 6.82. The predicted molar refractivity (Wildman–Crippen MR) is 91.4 cm³/mol. The third kappa shape index (κ3) is 3.81. The first-order valence-corrected chi connectivity index (χ1v) is 8.51. The number of piperidine rings is 1. The first-order valence-electron chi connectivity index (χ1n) is 8.51. The van der Waals surface area contributed by atoms with Gasteiger partial charge in [0.2, 0.25) is 0 Å². The molecule has 122 valence electrons. The van der Waals surface area contributed by atoms with Crippen molar-refractivity contribution in [3.05, 3.63) is 53.9 Å². The summed E-state index contributed by atoms with van der Waals surface area (Å²) in [4.78, 5) is 14.4. The number of likely N-dealkylation sites (tertiary alicyclic amines) is 1. The lowest BCUT2D eigenvalue weighted by Crippen LogP contribution is -2.39. The van der Waals surface area contributed by atoms with E-state index in [9.17, 15) is 4.79 Å². The zero-order valence-corrected chi connectivity index (χ0v) is 14.0. The molecule has 0 bridgehead atoms. The molecule has 4 heteroatoms. The van der Waals surface area contributed by atoms with Gasteiger partial charge in [0.05, 0.1) is 12.2 Å². The lowest BCUT2D eigenvalue weighted by Gasteiger charge is -2.32. The molecule has 1 aliphatic heterocycles. The van der Waals surface area contributed by atoms with Crippen LogP contribution in [-0.2, 0) is 6.42 Å². The molecule has 0 radical (unpaired) electrons. The lowest BCUT2D eigenvalue weighted by molar-refractivity contribution is 0.0690. The van der Waals surface area contributed by atoms with Gasteiger partial charge in [0, 0.05) is 24.8 Å². The summed E-state index contributed by atoms with van der Waals surface area (Å²) in [5.74, 6) is 0.794. The van der Waals surface area contributed by atoms with Crippen molar-refractivity contribution in [2.24, 2.45) is 5.92 Å². The molecule has 2 heterocycles. The van der Waals surface area contributed by atoms with Gasteiger partial charge in [0.1, 0.15) is 0 Å². The molecule has 1 aromatic carbocycles. The van der Waals surface area contributed by atoms with Crippen molar-refractivity contribution < 1.29 is 4.79 Å². The summed E-state index contributed by atoms with van der Waals surface area (Å²) in [7, 11) is 0. The van der Waals surface area contributed by atoms with Gasteiger partial charge in [-0.2, -0.15) is 5.10 Å². The summed E-state index contributed by atoms with van der Waals surface area (Å²) in [6.07, 6.45) is 7.19. The minimum absolute atomic E-state index is 0.144. The van der Waals surface area contributed by atoms with Crippen molar-refractivity contribution in [2.45, 2.75) is 39.2 Å². The Kier molecular flexibility index (Phi) is 4.79. The zero-order chi connectivity index (χ0) is 16.2. The van der Waals surface area contributed by atoms with Crippen molar-refractivity contribution in [3.8, 4) is 0 Å². The van der Waals surface area contributed by atoms with Crippen LogP contribution in [-0.4, -0.2) is 33.7 Å². The fourth-order valence-corrected chi connectivity index (χ4v) is 3.25. The summed E-state index contributed by atoms with van der Waals surface area (Å²) in [6.45, 7) is 6.06. The van der Waals surface area contributed by atoms with Crippen LogP contribution in [0.15, 0.2) is 42.7 Å². The number of hydrogen-bond donors (Lipinski definition) is 0. The van der Waals surface area contributed by atoms with Gasteiger partial charge < -0.3 is 4.90 Å². The number of benzene rings is 1. The fourth-order valence-electron chi connectivity index (χ4n) is 3.25. The van der Waals surface area contributed by atoms with Crippen molar-refractivity contribution in [1.29, 1.82) is 0 Å². The van der Waals surface area contributed by atoms with Crippen LogP contribution < -0.4 is 0 Å². The fraction of sp³-hybridized carbons (Fsp3) is 0.474. The maximum atomic E-state index is 12.5. The van der Waals surface area contributed by atoms with Gasteiger partial charge in [-0.25, -0.2) is 0 Å². The number of hydrogen-bond acceptors (Lipinski definition) is 2. The van der Waals surface area contributed by atoms with E-state index in [1.807, 2.05) is 41.4 Å². The van der Waals surface area contributed by atoms with Crippen LogP contribution in [0, 0.1) is 5.92 Å². The minimum atomic E-state index is 0.144. The molecule has 0 spiro atoms. The minimum Gasteiger partial charge on any atom is -0.338 e. The van der Waals surface area contributed by atoms with Gasteiger partial charge in [-0.15, -0.1) is 0 Å². The monoisotopic (exact) mass is 311 g/mol. The molecule has 0 atom stereocenters. The highest BCUT2D eigenvalue weighted by Crippen LogP contribution is 2.23. The van der Waals surface area contributed by atoms with E-state index >= 15 is 0 Å². The van der Waals surface area contributed by atoms with Crippen LogP contribution in [0.3, 0.4) is 0 Å². The van der Waals surface area contributed by atoms with E-state index in [0.29, 0.717) is 12.0 Å². The molecule has 4 nitrogen and oxygen atoms in total. The molecule has 1 amide bonds. The Labute approximate surface area is 138 Å². The lowest BCUT2D eigenvalue weighted by atomic mass is 10.0. The highest BCUT2D eigenvalue weighted by molar-refractivity contribution is 5.94. The van der Waals surface area contributed by atoms with Gasteiger partial charge in [-0.1, -0.05) is 32.0 Å². The quantitative estimate of drug-likeness (QED) is 0.866. The van der Waals surface area contributed by atoms with Gasteiger partial charge >= 0.3 is 0 Å². The third-order valence-electron chi connectivity index (χ3n) is 4.45. The highest BCUT2D eigenvalue weighted by Gasteiger charge is 2.24. The number of nitrogens with zero attached hydrogens (tertiary/aromatic N) is 3. The number of carbonyl (C=O) groups excluding carboxylic acids is 1. The Balaban J connectivity index is 1.58. The summed E-state index contributed by atoms with van der Waals surface area (Å²) in [5, 5.41) is 4.53. The molecule has 1 saturated heterocycles. The molecule has 1 fully saturated rings. The Morgan fingerprint density at radius 1 is 1.22 bits per heavy atom. The van der Waals surface area contributed by atoms with E-state index in [1.54, 1.807) is 0 Å². The van der Waals surface area contributed by atoms with Crippen LogP contribution in [0.25, 0.3) is 0 Å². The molecule has 1 aromatic heterocycles. The average Bonchev–Trinajstić information content (AvgIpc) is 3.03. The van der Waals surface area contributed by atoms with Crippen LogP contribution in [0.5, 0.6) is 0 Å². The maximum Gasteiger partial charge on any atom is 0.253 e. The number of carbonyl (C=O) groups is 1. The highest BCUT2D eigenvalue weighted by atomic mass is 16.2. The van der Waals surface area contributed by atoms with Crippen molar-refractivity contribution in [1.82, 2.24) is 14.7 Å². The molecule has 1 aliphatic rings. The predicted octanol–water partition coefficient (Wildman–Crippen LogP) is 3.56. The first kappa shape index (κ1) is 15.8. The molecule has 3 rings (SSSR count). The smallest absolute Gasteiger partial charge is 0.253 e. The molecule has 0 unspecified atom stereocenters. The van der Waals surface area contributed by atoms with E-state index < -0.39 is 0 Å². The summed E-state index contributed by atoms with van der Waals surface area (Å²) < 4.78 is 2.10. The molecule has 0 N–H and O–H groups in total. The van der Waals surface area contributed by atoms with Gasteiger partial charge in [0.25, 0.3) is 5.91 Å². The second-order valence-corrected chi connectivity index (χ2v) is 6.82. The molecular weight excluding hydrogens is 286 g/mol. The summed E-state index contributed by atoms with van der Waals surface area (Å²) >= 11 is 0. The number of rotatable bonds is 4. The van der Waals surface area contributed by atoms with E-state index in [1.165, 1.54) is 5.56 Å². The molecule has 23 heavy (non-hydrogen) atoms. The molecular formula is C19H25N3O. The van der Waals surface area contributed by atoms with E-state index in [4.69, 9.17) is 0 Å². The van der Waals surface area contributed by atoms with Crippen LogP contribution >= 0.6 is 0 Å². The molecule has 2 aromatic rings. The Morgan fingerprint density at radius 2 is 1.91 bits per heavy atom. The number of aromatic nitrogens is 2. The first-order chi connectivity index (χ1) is 11.1. The topological polar surface area (TPSA) is 38.1 Å². The second kappa shape index (κ2) is 6.99. The Morgan fingerprint density at radius 3 is 2.57 bits per heavy atom. The largest absolute Gasteiger partial charge is 0.338 e.